The molecule has 4 heteroatoms. The monoisotopic (exact) mass is 214 g/mol. The first kappa shape index (κ1) is 9.43. The van der Waals surface area contributed by atoms with Gasteiger partial charge in [0.2, 0.25) is 8.27 Å². The number of hydrogen-bond acceptors (Lipinski definition) is 2. The highest BCUT2D eigenvalue weighted by Crippen LogP contribution is 2.04. The van der Waals surface area contributed by atoms with Crippen molar-refractivity contribution < 1.29 is 8.42 Å². The van der Waals surface area contributed by atoms with E-state index in [-0.39, 0.29) is 5.75 Å². The third-order valence-corrected chi connectivity index (χ3v) is 2.74. The van der Waals surface area contributed by atoms with E-state index in [0.717, 1.165) is 19.3 Å². The Hall–Kier alpha value is 0.430. The minimum absolute atomic E-state index is 0.265. The fourth-order valence-electron chi connectivity index (χ4n) is 0.524. The van der Waals surface area contributed by atoms with E-state index in [4.69, 9.17) is 0 Å². The Balaban J connectivity index is 3.30. The van der Waals surface area contributed by atoms with Crippen LogP contribution in [0.5, 0.6) is 0 Å². The summed E-state index contributed by atoms with van der Waals surface area (Å²) in [6.07, 6.45) is 2.82. The first-order valence-corrected chi connectivity index (χ1v) is 6.48. The molecule has 0 atom stereocenters. The molecule has 0 N–H and O–H groups in total. The van der Waals surface area contributed by atoms with E-state index >= 15 is 0 Å². The molecule has 0 aliphatic carbocycles. The Morgan fingerprint density at radius 2 is 1.89 bits per heavy atom. The Bertz CT molecular complexity index is 150. The number of hydrogen-bond donors (Lipinski definition) is 0. The Morgan fingerprint density at radius 3 is 2.22 bits per heavy atom. The molecule has 0 bridgehead atoms. The summed E-state index contributed by atoms with van der Waals surface area (Å²) in [5.74, 6) is 0.265. The van der Waals surface area contributed by atoms with Crippen molar-refractivity contribution in [1.82, 2.24) is 0 Å². The molecule has 0 aromatic rings. The second-order valence-electron chi connectivity index (χ2n) is 1.95. The van der Waals surface area contributed by atoms with E-state index < -0.39 is 8.27 Å². The van der Waals surface area contributed by atoms with E-state index in [9.17, 15) is 8.42 Å². The standard InChI is InChI=1S/C5H11BrO2S/c1-2-3-4-5-9(6,7)8/h2-5H2,1H3. The van der Waals surface area contributed by atoms with Crippen LogP contribution in [-0.4, -0.2) is 14.2 Å². The van der Waals surface area contributed by atoms with E-state index in [2.05, 4.69) is 14.8 Å². The molecule has 0 rings (SSSR count). The SMILES string of the molecule is CCCCCS(=O)(=O)Br. The Morgan fingerprint density at radius 1 is 1.33 bits per heavy atom. The summed E-state index contributed by atoms with van der Waals surface area (Å²) in [6.45, 7) is 2.04. The molecule has 0 amide bonds. The fourth-order valence-corrected chi connectivity index (χ4v) is 1.76. The van der Waals surface area contributed by atoms with Crippen molar-refractivity contribution in [1.29, 1.82) is 0 Å². The van der Waals surface area contributed by atoms with Crippen LogP contribution in [-0.2, 0) is 8.27 Å². The van der Waals surface area contributed by atoms with Gasteiger partial charge in [-0.3, -0.25) is 0 Å². The zero-order chi connectivity index (χ0) is 7.33. The normalized spacial score (nSPS) is 11.8. The van der Waals surface area contributed by atoms with Crippen LogP contribution in [0.4, 0.5) is 0 Å². The highest BCUT2D eigenvalue weighted by Gasteiger charge is 2.01. The van der Waals surface area contributed by atoms with Crippen molar-refractivity contribution in [2.75, 3.05) is 5.75 Å². The van der Waals surface area contributed by atoms with Gasteiger partial charge in [0.05, 0.1) is 20.6 Å². The summed E-state index contributed by atoms with van der Waals surface area (Å²) in [6, 6.07) is 0. The highest BCUT2D eigenvalue weighted by atomic mass is 79.9. The molecule has 0 aliphatic rings. The van der Waals surface area contributed by atoms with Crippen LogP contribution >= 0.6 is 14.8 Å². The van der Waals surface area contributed by atoms with Gasteiger partial charge in [-0.05, 0) is 6.42 Å². The molecule has 2 nitrogen and oxygen atoms in total. The van der Waals surface area contributed by atoms with Crippen LogP contribution in [0.15, 0.2) is 0 Å². The Labute approximate surface area is 63.8 Å². The topological polar surface area (TPSA) is 34.1 Å². The molecular formula is C5H11BrO2S. The van der Waals surface area contributed by atoms with Crippen molar-refractivity contribution in [3.63, 3.8) is 0 Å². The molecule has 0 aromatic heterocycles. The van der Waals surface area contributed by atoms with Crippen LogP contribution < -0.4 is 0 Å². The lowest BCUT2D eigenvalue weighted by Gasteiger charge is -1.92. The van der Waals surface area contributed by atoms with Gasteiger partial charge in [-0.1, -0.05) is 19.8 Å². The number of halogens is 1. The quantitative estimate of drug-likeness (QED) is 0.530. The van der Waals surface area contributed by atoms with Gasteiger partial charge in [0.25, 0.3) is 0 Å². The zero-order valence-corrected chi connectivity index (χ0v) is 7.83. The van der Waals surface area contributed by atoms with Crippen molar-refractivity contribution >= 4 is 23.1 Å². The summed E-state index contributed by atoms with van der Waals surface area (Å²) in [5, 5.41) is 0. The molecule has 0 radical (unpaired) electrons. The van der Waals surface area contributed by atoms with Crippen LogP contribution in [0.2, 0.25) is 0 Å². The third kappa shape index (κ3) is 8.43. The molecule has 0 spiro atoms. The van der Waals surface area contributed by atoms with Crippen molar-refractivity contribution in [3.8, 4) is 0 Å². The lowest BCUT2D eigenvalue weighted by molar-refractivity contribution is 0.606. The average molecular weight is 215 g/mol. The van der Waals surface area contributed by atoms with Gasteiger partial charge < -0.3 is 0 Å². The molecule has 9 heavy (non-hydrogen) atoms. The van der Waals surface area contributed by atoms with E-state index in [1.807, 2.05) is 6.92 Å². The Kier molecular flexibility index (Phi) is 4.48. The van der Waals surface area contributed by atoms with Gasteiger partial charge in [0.1, 0.15) is 0 Å². The molecule has 0 aliphatic heterocycles. The van der Waals surface area contributed by atoms with Crippen molar-refractivity contribution in [3.05, 3.63) is 0 Å². The molecule has 56 valence electrons. The third-order valence-electron chi connectivity index (χ3n) is 0.992. The van der Waals surface area contributed by atoms with Crippen molar-refractivity contribution in [2.24, 2.45) is 0 Å². The fraction of sp³-hybridized carbons (Fsp3) is 1.00. The van der Waals surface area contributed by atoms with Crippen LogP contribution in [0.3, 0.4) is 0 Å². The summed E-state index contributed by atoms with van der Waals surface area (Å²) < 4.78 is 20.8. The summed E-state index contributed by atoms with van der Waals surface area (Å²) in [7, 11) is -2.88. The average Bonchev–Trinajstić information content (AvgIpc) is 1.63. The van der Waals surface area contributed by atoms with Gasteiger partial charge in [0.15, 0.2) is 0 Å². The molecule has 0 fully saturated rings. The predicted octanol–water partition coefficient (Wildman–Crippen LogP) is 1.90. The van der Waals surface area contributed by atoms with Gasteiger partial charge in [-0.25, -0.2) is 8.42 Å². The van der Waals surface area contributed by atoms with Gasteiger partial charge >= 0.3 is 0 Å². The second kappa shape index (κ2) is 4.28. The lowest BCUT2D eigenvalue weighted by Crippen LogP contribution is -1.95. The minimum Gasteiger partial charge on any atom is -0.217 e. The first-order valence-electron chi connectivity index (χ1n) is 2.98. The maximum atomic E-state index is 10.4. The maximum absolute atomic E-state index is 10.4. The van der Waals surface area contributed by atoms with Crippen LogP contribution in [0, 0.1) is 0 Å². The van der Waals surface area contributed by atoms with E-state index in [0.29, 0.717) is 0 Å². The maximum Gasteiger partial charge on any atom is 0.209 e. The largest absolute Gasteiger partial charge is 0.217 e. The first-order chi connectivity index (χ1) is 4.06. The molecule has 0 unspecified atom stereocenters. The summed E-state index contributed by atoms with van der Waals surface area (Å²) >= 11 is 2.58. The predicted molar refractivity (Wildman–Crippen MR) is 42.2 cm³/mol. The smallest absolute Gasteiger partial charge is 0.209 e. The summed E-state index contributed by atoms with van der Waals surface area (Å²) in [5.41, 5.74) is 0. The van der Waals surface area contributed by atoms with Crippen LogP contribution in [0.25, 0.3) is 0 Å². The zero-order valence-electron chi connectivity index (χ0n) is 5.43. The highest BCUT2D eigenvalue weighted by molar-refractivity contribution is 9.47. The lowest BCUT2D eigenvalue weighted by atomic mass is 10.3. The van der Waals surface area contributed by atoms with Gasteiger partial charge in [-0.15, -0.1) is 0 Å². The molecule has 0 aromatic carbocycles. The van der Waals surface area contributed by atoms with E-state index in [1.54, 1.807) is 0 Å². The molecule has 0 heterocycles. The van der Waals surface area contributed by atoms with Gasteiger partial charge in [0, 0.05) is 0 Å². The molecule has 0 saturated carbocycles. The second-order valence-corrected chi connectivity index (χ2v) is 6.40. The molecular weight excluding hydrogens is 204 g/mol. The van der Waals surface area contributed by atoms with E-state index in [1.165, 1.54) is 0 Å². The number of unbranched alkanes of at least 4 members (excludes halogenated alkanes) is 2. The van der Waals surface area contributed by atoms with Crippen molar-refractivity contribution in [2.45, 2.75) is 26.2 Å². The van der Waals surface area contributed by atoms with Gasteiger partial charge in [-0.2, -0.15) is 0 Å². The summed E-state index contributed by atoms with van der Waals surface area (Å²) in [4.78, 5) is 0. The molecule has 0 saturated heterocycles. The minimum atomic E-state index is -2.88. The number of rotatable bonds is 4. The van der Waals surface area contributed by atoms with Crippen LogP contribution in [0.1, 0.15) is 26.2 Å².